The van der Waals surface area contributed by atoms with Crippen molar-refractivity contribution >= 4 is 26.8 Å². The molecule has 0 saturated heterocycles. The van der Waals surface area contributed by atoms with Gasteiger partial charge in [0.1, 0.15) is 5.35 Å². The summed E-state index contributed by atoms with van der Waals surface area (Å²) in [5.41, 5.74) is 1.05. The van der Waals surface area contributed by atoms with E-state index >= 15 is 0 Å². The van der Waals surface area contributed by atoms with E-state index in [9.17, 15) is 0 Å². The minimum atomic E-state index is -0.117. The first-order chi connectivity index (χ1) is 7.43. The van der Waals surface area contributed by atoms with Crippen LogP contribution in [0.4, 0.5) is 0 Å². The number of aromatic nitrogens is 1. The Bertz CT molecular complexity index is 590. The summed E-state index contributed by atoms with van der Waals surface area (Å²) in [4.78, 5) is 4.48. The third-order valence-electron chi connectivity index (χ3n) is 2.12. The lowest BCUT2D eigenvalue weighted by Crippen LogP contribution is -2.01. The number of halogens is 1. The SMILES string of the molecule is C1=CI=c2oc(-c3ccccc3)nc2=C1. The van der Waals surface area contributed by atoms with Crippen molar-refractivity contribution in [2.45, 2.75) is 0 Å². The number of hydrogen-bond acceptors (Lipinski definition) is 2. The van der Waals surface area contributed by atoms with Crippen LogP contribution in [-0.2, 0) is 0 Å². The summed E-state index contributed by atoms with van der Waals surface area (Å²) < 4.78 is 8.99. The average Bonchev–Trinajstić information content (AvgIpc) is 2.74. The summed E-state index contributed by atoms with van der Waals surface area (Å²) >= 11 is -0.117. The quantitative estimate of drug-likeness (QED) is 0.757. The van der Waals surface area contributed by atoms with E-state index in [2.05, 4.69) is 15.1 Å². The molecule has 2 heterocycles. The van der Waals surface area contributed by atoms with Gasteiger partial charge in [-0.05, 0) is 43.0 Å². The summed E-state index contributed by atoms with van der Waals surface area (Å²) in [6, 6.07) is 10.0. The highest BCUT2D eigenvalue weighted by Crippen LogP contribution is 2.18. The highest BCUT2D eigenvalue weighted by molar-refractivity contribution is 14.2. The first-order valence-electron chi connectivity index (χ1n) is 4.63. The number of fused-ring (bicyclic) bond motifs is 1. The van der Waals surface area contributed by atoms with Gasteiger partial charge in [0.2, 0.25) is 5.89 Å². The summed E-state index contributed by atoms with van der Waals surface area (Å²) in [6.45, 7) is 0. The van der Waals surface area contributed by atoms with Crippen LogP contribution in [-0.4, -0.2) is 4.98 Å². The molecule has 2 nitrogen and oxygen atoms in total. The number of rotatable bonds is 1. The molecule has 74 valence electrons. The third-order valence-corrected chi connectivity index (χ3v) is 4.23. The fourth-order valence-corrected chi connectivity index (χ4v) is 3.12. The molecule has 1 aliphatic heterocycles. The molecule has 0 saturated carbocycles. The second kappa shape index (κ2) is 3.73. The van der Waals surface area contributed by atoms with Crippen molar-refractivity contribution in [1.29, 1.82) is 0 Å². The maximum Gasteiger partial charge on any atom is 0.227 e. The molecule has 0 unspecified atom stereocenters. The molecule has 0 amide bonds. The van der Waals surface area contributed by atoms with E-state index in [0.717, 1.165) is 20.2 Å². The maximum atomic E-state index is 5.75. The zero-order valence-electron chi connectivity index (χ0n) is 7.85. The fourth-order valence-electron chi connectivity index (χ4n) is 1.42. The van der Waals surface area contributed by atoms with Crippen molar-refractivity contribution in [3.05, 3.63) is 49.2 Å². The smallest absolute Gasteiger partial charge is 0.227 e. The second-order valence-corrected chi connectivity index (χ2v) is 5.46. The van der Waals surface area contributed by atoms with Crippen molar-refractivity contribution < 1.29 is 4.42 Å². The van der Waals surface area contributed by atoms with Crippen LogP contribution in [0.2, 0.25) is 0 Å². The van der Waals surface area contributed by atoms with Gasteiger partial charge in [-0.3, -0.25) is 0 Å². The lowest BCUT2D eigenvalue weighted by Gasteiger charge is -1.91. The Balaban J connectivity index is 2.21. The molecule has 3 rings (SSSR count). The Kier molecular flexibility index (Phi) is 2.25. The van der Waals surface area contributed by atoms with Gasteiger partial charge in [0.05, 0.1) is 0 Å². The lowest BCUT2D eigenvalue weighted by molar-refractivity contribution is 0.561. The Morgan fingerprint density at radius 1 is 1.13 bits per heavy atom. The van der Waals surface area contributed by atoms with Crippen LogP contribution in [0.5, 0.6) is 0 Å². The number of allylic oxidation sites excluding steroid dienone is 1. The van der Waals surface area contributed by atoms with Gasteiger partial charge in [-0.15, -0.1) is 0 Å². The summed E-state index contributed by atoms with van der Waals surface area (Å²) in [6.07, 6.45) is 4.07. The van der Waals surface area contributed by atoms with Gasteiger partial charge in [0, 0.05) is 5.56 Å². The van der Waals surface area contributed by atoms with Crippen molar-refractivity contribution in [2.24, 2.45) is 0 Å². The molecule has 0 aliphatic carbocycles. The van der Waals surface area contributed by atoms with E-state index < -0.39 is 0 Å². The summed E-state index contributed by atoms with van der Waals surface area (Å²) in [5, 5.41) is 1.00. The molecule has 15 heavy (non-hydrogen) atoms. The van der Waals surface area contributed by atoms with Crippen molar-refractivity contribution in [3.63, 3.8) is 0 Å². The maximum absolute atomic E-state index is 5.75. The Morgan fingerprint density at radius 2 is 2.00 bits per heavy atom. The molecule has 0 N–H and O–H groups in total. The zero-order chi connectivity index (χ0) is 10.1. The monoisotopic (exact) mass is 309 g/mol. The van der Waals surface area contributed by atoms with Gasteiger partial charge in [-0.25, -0.2) is 4.98 Å². The Hall–Kier alpha value is -1.23. The molecule has 0 radical (unpaired) electrons. The first-order valence-corrected chi connectivity index (χ1v) is 6.95. The van der Waals surface area contributed by atoms with Crippen LogP contribution in [0, 0.1) is 3.35 Å². The van der Waals surface area contributed by atoms with Crippen molar-refractivity contribution in [1.82, 2.24) is 4.98 Å². The van der Waals surface area contributed by atoms with Gasteiger partial charge in [0.15, 0.2) is 3.35 Å². The van der Waals surface area contributed by atoms with Crippen molar-refractivity contribution in [2.75, 3.05) is 0 Å². The summed E-state index contributed by atoms with van der Waals surface area (Å²) in [7, 11) is 0. The van der Waals surface area contributed by atoms with E-state index in [4.69, 9.17) is 4.42 Å². The largest absolute Gasteiger partial charge is 0.430 e. The molecule has 0 atom stereocenters. The standard InChI is InChI=1S/C12H8INO/c1-2-5-9(6-3-1)12-14-10-7-4-8-13-11(10)15-12/h1-8H. The first kappa shape index (κ1) is 9.03. The van der Waals surface area contributed by atoms with E-state index in [1.807, 2.05) is 36.4 Å². The number of oxazole rings is 1. The van der Waals surface area contributed by atoms with Crippen LogP contribution >= 0.6 is 20.7 Å². The van der Waals surface area contributed by atoms with E-state index in [1.54, 1.807) is 0 Å². The molecule has 1 aliphatic rings. The summed E-state index contributed by atoms with van der Waals surface area (Å²) in [5.74, 6) is 0.736. The molecule has 1 aromatic carbocycles. The minimum Gasteiger partial charge on any atom is -0.430 e. The molecule has 1 aromatic heterocycles. The lowest BCUT2D eigenvalue weighted by atomic mass is 10.2. The predicted molar refractivity (Wildman–Crippen MR) is 68.0 cm³/mol. The normalized spacial score (nSPS) is 13.3. The van der Waals surface area contributed by atoms with E-state index in [1.165, 1.54) is 0 Å². The van der Waals surface area contributed by atoms with Crippen LogP contribution in [0.15, 0.2) is 44.9 Å². The third kappa shape index (κ3) is 1.67. The Morgan fingerprint density at radius 3 is 2.80 bits per heavy atom. The van der Waals surface area contributed by atoms with Crippen LogP contribution in [0.1, 0.15) is 0 Å². The van der Waals surface area contributed by atoms with E-state index in [0.29, 0.717) is 0 Å². The number of nitrogens with zero attached hydrogens (tertiary/aromatic N) is 1. The van der Waals surface area contributed by atoms with E-state index in [-0.39, 0.29) is 20.7 Å². The molecular formula is C12H8INO. The van der Waals surface area contributed by atoms with Gasteiger partial charge < -0.3 is 4.42 Å². The van der Waals surface area contributed by atoms with Gasteiger partial charge in [-0.1, -0.05) is 24.3 Å². The minimum absolute atomic E-state index is 0.117. The van der Waals surface area contributed by atoms with Gasteiger partial charge >= 0.3 is 0 Å². The number of hydrogen-bond donors (Lipinski definition) is 0. The average molecular weight is 309 g/mol. The molecule has 3 heteroatoms. The number of benzene rings is 1. The van der Waals surface area contributed by atoms with Crippen LogP contribution in [0.3, 0.4) is 0 Å². The zero-order valence-corrected chi connectivity index (χ0v) is 10.0. The second-order valence-electron chi connectivity index (χ2n) is 3.14. The highest BCUT2D eigenvalue weighted by Gasteiger charge is 2.04. The molecule has 0 spiro atoms. The molecule has 0 fully saturated rings. The highest BCUT2D eigenvalue weighted by atomic mass is 127. The predicted octanol–water partition coefficient (Wildman–Crippen LogP) is 2.87. The molecule has 0 bridgehead atoms. The Labute approximate surface area is 96.7 Å². The van der Waals surface area contributed by atoms with Crippen LogP contribution < -0.4 is 5.35 Å². The van der Waals surface area contributed by atoms with Gasteiger partial charge in [0.25, 0.3) is 0 Å². The molecule has 2 aromatic rings. The topological polar surface area (TPSA) is 26.0 Å². The van der Waals surface area contributed by atoms with Gasteiger partial charge in [-0.2, -0.15) is 0 Å². The molecular weight excluding hydrogens is 301 g/mol. The fraction of sp³-hybridized carbons (Fsp3) is 0. The van der Waals surface area contributed by atoms with Crippen molar-refractivity contribution in [3.8, 4) is 11.5 Å². The van der Waals surface area contributed by atoms with Crippen LogP contribution in [0.25, 0.3) is 17.5 Å².